The Hall–Kier alpha value is -3.99. The maximum absolute atomic E-state index is 12.8. The molecule has 4 rings (SSSR count). The number of aromatic nitrogens is 2. The second-order valence-electron chi connectivity index (χ2n) is 6.91. The lowest BCUT2D eigenvalue weighted by Crippen LogP contribution is -2.20. The van der Waals surface area contributed by atoms with Crippen LogP contribution >= 0.6 is 0 Å². The van der Waals surface area contributed by atoms with Gasteiger partial charge in [-0.25, -0.2) is 4.68 Å². The molecule has 5 nitrogen and oxygen atoms in total. The second kappa shape index (κ2) is 8.57. The molecule has 0 N–H and O–H groups in total. The molecule has 0 spiro atoms. The summed E-state index contributed by atoms with van der Waals surface area (Å²) < 4.78 is 3.44. The van der Waals surface area contributed by atoms with Gasteiger partial charge in [0.15, 0.2) is 0 Å². The van der Waals surface area contributed by atoms with Crippen molar-refractivity contribution in [3.63, 3.8) is 0 Å². The first-order valence-corrected chi connectivity index (χ1v) is 9.72. The van der Waals surface area contributed by atoms with E-state index in [1.807, 2.05) is 105 Å². The molecular weight excluding hydrogens is 372 g/mol. The summed E-state index contributed by atoms with van der Waals surface area (Å²) in [6.45, 7) is 1.81. The molecule has 5 heteroatoms. The molecule has 4 aromatic rings. The summed E-state index contributed by atoms with van der Waals surface area (Å²) >= 11 is 0. The first kappa shape index (κ1) is 19.3. The van der Waals surface area contributed by atoms with E-state index in [0.717, 1.165) is 22.5 Å². The SMILES string of the molecule is Cc1c(/C=N\N=C(c2ccccc2)c2ccccc2)n(C)n(-c2ccccc2)c1=O. The van der Waals surface area contributed by atoms with E-state index in [-0.39, 0.29) is 5.56 Å². The molecule has 0 radical (unpaired) electrons. The molecule has 0 aliphatic carbocycles. The standard InChI is InChI=1S/C25H22N4O/c1-19-23(28(2)29(25(19)30)22-16-10-5-11-17-22)18-26-27-24(20-12-6-3-7-13-20)21-14-8-4-9-15-21/h3-18H,1-2H3/b26-18-. The maximum Gasteiger partial charge on any atom is 0.274 e. The zero-order valence-electron chi connectivity index (χ0n) is 16.9. The van der Waals surface area contributed by atoms with Gasteiger partial charge in [0.25, 0.3) is 5.56 Å². The van der Waals surface area contributed by atoms with E-state index in [4.69, 9.17) is 0 Å². The van der Waals surface area contributed by atoms with Crippen molar-refractivity contribution < 1.29 is 0 Å². The van der Waals surface area contributed by atoms with Crippen LogP contribution in [-0.4, -0.2) is 21.3 Å². The lowest BCUT2D eigenvalue weighted by atomic mass is 10.0. The Labute approximate surface area is 175 Å². The molecule has 1 aromatic heterocycles. The highest BCUT2D eigenvalue weighted by molar-refractivity contribution is 6.12. The minimum atomic E-state index is -0.0690. The van der Waals surface area contributed by atoms with Crippen LogP contribution in [0.4, 0.5) is 0 Å². The van der Waals surface area contributed by atoms with Crippen molar-refractivity contribution in [2.24, 2.45) is 17.3 Å². The number of para-hydroxylation sites is 1. The third-order valence-corrected chi connectivity index (χ3v) is 4.98. The van der Waals surface area contributed by atoms with Crippen LogP contribution in [0.15, 0.2) is 106 Å². The van der Waals surface area contributed by atoms with Crippen LogP contribution in [0.1, 0.15) is 22.4 Å². The summed E-state index contributed by atoms with van der Waals surface area (Å²) in [5, 5.41) is 8.87. The van der Waals surface area contributed by atoms with Crippen LogP contribution in [0.3, 0.4) is 0 Å². The van der Waals surface area contributed by atoms with Gasteiger partial charge in [-0.2, -0.15) is 5.10 Å². The second-order valence-corrected chi connectivity index (χ2v) is 6.91. The average Bonchev–Trinajstić information content (AvgIpc) is 3.01. The molecule has 0 bridgehead atoms. The zero-order valence-corrected chi connectivity index (χ0v) is 16.9. The van der Waals surface area contributed by atoms with E-state index in [2.05, 4.69) is 10.2 Å². The number of hydrogen-bond donors (Lipinski definition) is 0. The normalized spacial score (nSPS) is 11.0. The van der Waals surface area contributed by atoms with Gasteiger partial charge in [-0.05, 0) is 19.1 Å². The van der Waals surface area contributed by atoms with Crippen molar-refractivity contribution in [1.82, 2.24) is 9.36 Å². The van der Waals surface area contributed by atoms with Crippen LogP contribution in [0, 0.1) is 6.92 Å². The minimum absolute atomic E-state index is 0.0690. The third-order valence-electron chi connectivity index (χ3n) is 4.98. The third kappa shape index (κ3) is 3.78. The Balaban J connectivity index is 1.76. The molecule has 148 valence electrons. The van der Waals surface area contributed by atoms with Gasteiger partial charge in [0.2, 0.25) is 0 Å². The molecular formula is C25H22N4O. The molecule has 0 fully saturated rings. The molecule has 0 unspecified atom stereocenters. The molecule has 30 heavy (non-hydrogen) atoms. The van der Waals surface area contributed by atoms with E-state index >= 15 is 0 Å². The van der Waals surface area contributed by atoms with Crippen molar-refractivity contribution in [3.05, 3.63) is 124 Å². The number of hydrogen-bond acceptors (Lipinski definition) is 3. The summed E-state index contributed by atoms with van der Waals surface area (Å²) in [7, 11) is 1.85. The smallest absolute Gasteiger partial charge is 0.274 e. The number of nitrogens with zero attached hydrogens (tertiary/aromatic N) is 4. The van der Waals surface area contributed by atoms with Crippen LogP contribution in [0.5, 0.6) is 0 Å². The van der Waals surface area contributed by atoms with Gasteiger partial charge in [0, 0.05) is 23.7 Å². The number of rotatable bonds is 5. The lowest BCUT2D eigenvalue weighted by Gasteiger charge is -2.08. The van der Waals surface area contributed by atoms with Gasteiger partial charge < -0.3 is 0 Å². The molecule has 0 aliphatic heterocycles. The fourth-order valence-electron chi connectivity index (χ4n) is 3.41. The van der Waals surface area contributed by atoms with E-state index < -0.39 is 0 Å². The molecule has 0 saturated carbocycles. The van der Waals surface area contributed by atoms with Gasteiger partial charge in [0.05, 0.1) is 17.6 Å². The predicted molar refractivity (Wildman–Crippen MR) is 122 cm³/mol. The van der Waals surface area contributed by atoms with E-state index in [0.29, 0.717) is 11.3 Å². The predicted octanol–water partition coefficient (Wildman–Crippen LogP) is 4.36. The fraction of sp³-hybridized carbons (Fsp3) is 0.0800. The van der Waals surface area contributed by atoms with Crippen LogP contribution in [-0.2, 0) is 7.05 Å². The summed E-state index contributed by atoms with van der Waals surface area (Å²) in [6, 6.07) is 29.4. The largest absolute Gasteiger partial charge is 0.279 e. The van der Waals surface area contributed by atoms with Crippen molar-refractivity contribution in [1.29, 1.82) is 0 Å². The Morgan fingerprint density at radius 2 is 1.30 bits per heavy atom. The van der Waals surface area contributed by atoms with E-state index in [9.17, 15) is 4.79 Å². The summed E-state index contributed by atoms with van der Waals surface area (Å²) in [4.78, 5) is 12.8. The monoisotopic (exact) mass is 394 g/mol. The average molecular weight is 394 g/mol. The Bertz CT molecular complexity index is 1210. The summed E-state index contributed by atoms with van der Waals surface area (Å²) in [5.74, 6) is 0. The Morgan fingerprint density at radius 1 is 0.800 bits per heavy atom. The van der Waals surface area contributed by atoms with Gasteiger partial charge in [-0.1, -0.05) is 78.9 Å². The topological polar surface area (TPSA) is 51.6 Å². The molecule has 1 heterocycles. The molecule has 0 saturated heterocycles. The van der Waals surface area contributed by atoms with E-state index in [1.165, 1.54) is 0 Å². The van der Waals surface area contributed by atoms with Gasteiger partial charge in [0.1, 0.15) is 5.71 Å². The van der Waals surface area contributed by atoms with Crippen LogP contribution in [0.2, 0.25) is 0 Å². The number of benzene rings is 3. The highest BCUT2D eigenvalue weighted by Crippen LogP contribution is 2.12. The molecule has 0 amide bonds. The van der Waals surface area contributed by atoms with Crippen LogP contribution in [0.25, 0.3) is 5.69 Å². The first-order chi connectivity index (χ1) is 14.7. The Kier molecular flexibility index (Phi) is 5.52. The minimum Gasteiger partial charge on any atom is -0.279 e. The maximum atomic E-state index is 12.8. The fourth-order valence-corrected chi connectivity index (χ4v) is 3.41. The summed E-state index contributed by atoms with van der Waals surface area (Å²) in [5.41, 5.74) is 4.82. The van der Waals surface area contributed by atoms with Crippen molar-refractivity contribution >= 4 is 11.9 Å². The van der Waals surface area contributed by atoms with Crippen molar-refractivity contribution in [2.45, 2.75) is 6.92 Å². The van der Waals surface area contributed by atoms with Crippen molar-refractivity contribution in [2.75, 3.05) is 0 Å². The molecule has 3 aromatic carbocycles. The van der Waals surface area contributed by atoms with Gasteiger partial charge >= 0.3 is 0 Å². The van der Waals surface area contributed by atoms with Gasteiger partial charge in [-0.3, -0.25) is 9.48 Å². The van der Waals surface area contributed by atoms with E-state index in [1.54, 1.807) is 15.6 Å². The van der Waals surface area contributed by atoms with Gasteiger partial charge in [-0.15, -0.1) is 5.10 Å². The lowest BCUT2D eigenvalue weighted by molar-refractivity contribution is 0.643. The molecule has 0 aliphatic rings. The van der Waals surface area contributed by atoms with Crippen molar-refractivity contribution in [3.8, 4) is 5.69 Å². The Morgan fingerprint density at radius 3 is 1.83 bits per heavy atom. The quantitative estimate of drug-likeness (QED) is 0.367. The van der Waals surface area contributed by atoms with Crippen LogP contribution < -0.4 is 5.56 Å². The first-order valence-electron chi connectivity index (χ1n) is 9.72. The highest BCUT2D eigenvalue weighted by Gasteiger charge is 2.14. The zero-order chi connectivity index (χ0) is 20.9. The highest BCUT2D eigenvalue weighted by atomic mass is 16.1. The molecule has 0 atom stereocenters. The summed E-state index contributed by atoms with van der Waals surface area (Å²) in [6.07, 6.45) is 1.64.